The molecule has 7 heteroatoms. The SMILES string of the molecule is CCOC(=O)c1c(C(F)F)cnc(OC)c1OC. The minimum Gasteiger partial charge on any atom is -0.491 e. The summed E-state index contributed by atoms with van der Waals surface area (Å²) in [6, 6.07) is 0. The van der Waals surface area contributed by atoms with E-state index < -0.39 is 18.0 Å². The Balaban J connectivity index is 3.43. The van der Waals surface area contributed by atoms with E-state index in [1.807, 2.05) is 0 Å². The second-order valence-electron chi connectivity index (χ2n) is 3.15. The molecule has 0 saturated carbocycles. The minimum atomic E-state index is -2.86. The monoisotopic (exact) mass is 261 g/mol. The molecule has 0 aliphatic carbocycles. The first kappa shape index (κ1) is 14.1. The van der Waals surface area contributed by atoms with E-state index in [0.29, 0.717) is 0 Å². The van der Waals surface area contributed by atoms with Gasteiger partial charge in [0.05, 0.1) is 26.4 Å². The Morgan fingerprint density at radius 3 is 2.50 bits per heavy atom. The van der Waals surface area contributed by atoms with Gasteiger partial charge in [0.1, 0.15) is 5.56 Å². The molecule has 5 nitrogen and oxygen atoms in total. The first-order chi connectivity index (χ1) is 8.56. The molecule has 1 aromatic rings. The number of methoxy groups -OCH3 is 2. The predicted molar refractivity (Wildman–Crippen MR) is 58.3 cm³/mol. The van der Waals surface area contributed by atoms with Crippen LogP contribution in [0.5, 0.6) is 11.6 Å². The number of carbonyl (C=O) groups is 1. The maximum atomic E-state index is 12.8. The first-order valence-corrected chi connectivity index (χ1v) is 5.12. The van der Waals surface area contributed by atoms with Gasteiger partial charge < -0.3 is 14.2 Å². The second-order valence-corrected chi connectivity index (χ2v) is 3.15. The topological polar surface area (TPSA) is 57.7 Å². The summed E-state index contributed by atoms with van der Waals surface area (Å²) in [5.41, 5.74) is -0.910. The van der Waals surface area contributed by atoms with Crippen LogP contribution in [0, 0.1) is 0 Å². The van der Waals surface area contributed by atoms with Crippen LogP contribution in [0.1, 0.15) is 29.3 Å². The number of hydrogen-bond acceptors (Lipinski definition) is 5. The molecule has 1 rings (SSSR count). The molecule has 0 fully saturated rings. The van der Waals surface area contributed by atoms with Gasteiger partial charge in [-0.25, -0.2) is 18.6 Å². The molecule has 0 saturated heterocycles. The highest BCUT2D eigenvalue weighted by Crippen LogP contribution is 2.35. The molecule has 0 spiro atoms. The Bertz CT molecular complexity index is 437. The first-order valence-electron chi connectivity index (χ1n) is 5.12. The molecule has 0 N–H and O–H groups in total. The number of rotatable bonds is 5. The largest absolute Gasteiger partial charge is 0.491 e. The van der Waals surface area contributed by atoms with E-state index in [0.717, 1.165) is 6.20 Å². The third-order valence-corrected chi connectivity index (χ3v) is 2.14. The van der Waals surface area contributed by atoms with Gasteiger partial charge in [0.2, 0.25) is 0 Å². The number of alkyl halides is 2. The van der Waals surface area contributed by atoms with Crippen LogP contribution in [0.4, 0.5) is 8.78 Å². The van der Waals surface area contributed by atoms with Gasteiger partial charge in [0, 0.05) is 6.20 Å². The summed E-state index contributed by atoms with van der Waals surface area (Å²) < 4.78 is 40.2. The third kappa shape index (κ3) is 2.66. The van der Waals surface area contributed by atoms with Crippen molar-refractivity contribution in [2.24, 2.45) is 0 Å². The highest BCUT2D eigenvalue weighted by molar-refractivity contribution is 5.95. The fourth-order valence-corrected chi connectivity index (χ4v) is 1.40. The standard InChI is InChI=1S/C11H13F2NO4/c1-4-18-11(15)7-6(9(12)13)5-14-10(17-3)8(7)16-2/h5,9H,4H2,1-3H3. The van der Waals surface area contributed by atoms with Crippen molar-refractivity contribution in [2.75, 3.05) is 20.8 Å². The Morgan fingerprint density at radius 2 is 2.06 bits per heavy atom. The number of esters is 1. The van der Waals surface area contributed by atoms with Gasteiger partial charge in [-0.15, -0.1) is 0 Å². The molecule has 100 valence electrons. The molecule has 1 heterocycles. The van der Waals surface area contributed by atoms with E-state index in [1.165, 1.54) is 14.2 Å². The number of nitrogens with zero attached hydrogens (tertiary/aromatic N) is 1. The number of ether oxygens (including phenoxy) is 3. The van der Waals surface area contributed by atoms with Crippen LogP contribution in [0.15, 0.2) is 6.20 Å². The average Bonchev–Trinajstić information content (AvgIpc) is 2.36. The summed E-state index contributed by atoms with van der Waals surface area (Å²) in [5, 5.41) is 0. The van der Waals surface area contributed by atoms with E-state index in [2.05, 4.69) is 4.98 Å². The van der Waals surface area contributed by atoms with Crippen molar-refractivity contribution in [2.45, 2.75) is 13.3 Å². The number of carbonyl (C=O) groups excluding carboxylic acids is 1. The fourth-order valence-electron chi connectivity index (χ4n) is 1.40. The van der Waals surface area contributed by atoms with Gasteiger partial charge >= 0.3 is 5.97 Å². The fraction of sp³-hybridized carbons (Fsp3) is 0.455. The van der Waals surface area contributed by atoms with E-state index in [1.54, 1.807) is 6.92 Å². The van der Waals surface area contributed by atoms with Crippen molar-refractivity contribution >= 4 is 5.97 Å². The number of pyridine rings is 1. The highest BCUT2D eigenvalue weighted by Gasteiger charge is 2.27. The Morgan fingerprint density at radius 1 is 1.39 bits per heavy atom. The van der Waals surface area contributed by atoms with Crippen molar-refractivity contribution in [1.82, 2.24) is 4.98 Å². The van der Waals surface area contributed by atoms with Gasteiger partial charge in [0.15, 0.2) is 5.75 Å². The molecule has 0 amide bonds. The molecule has 18 heavy (non-hydrogen) atoms. The van der Waals surface area contributed by atoms with E-state index in [-0.39, 0.29) is 23.8 Å². The summed E-state index contributed by atoms with van der Waals surface area (Å²) >= 11 is 0. The maximum Gasteiger partial charge on any atom is 0.342 e. The number of aromatic nitrogens is 1. The zero-order valence-electron chi connectivity index (χ0n) is 10.2. The number of halogens is 2. The normalized spacial score (nSPS) is 10.3. The maximum absolute atomic E-state index is 12.8. The Hall–Kier alpha value is -1.92. The zero-order valence-corrected chi connectivity index (χ0v) is 10.2. The third-order valence-electron chi connectivity index (χ3n) is 2.14. The van der Waals surface area contributed by atoms with Crippen LogP contribution in [0.25, 0.3) is 0 Å². The lowest BCUT2D eigenvalue weighted by Gasteiger charge is -2.14. The van der Waals surface area contributed by atoms with Crippen LogP contribution in [-0.2, 0) is 4.74 Å². The lowest BCUT2D eigenvalue weighted by molar-refractivity contribution is 0.0509. The van der Waals surface area contributed by atoms with Crippen LogP contribution in [-0.4, -0.2) is 31.8 Å². The average molecular weight is 261 g/mol. The minimum absolute atomic E-state index is 0.0510. The molecular weight excluding hydrogens is 248 g/mol. The van der Waals surface area contributed by atoms with Crippen LogP contribution < -0.4 is 9.47 Å². The molecular formula is C11H13F2NO4. The summed E-state index contributed by atoms with van der Waals surface area (Å²) in [5.74, 6) is -1.11. The lowest BCUT2D eigenvalue weighted by Crippen LogP contribution is -2.12. The molecule has 0 aliphatic heterocycles. The van der Waals surface area contributed by atoms with Crippen molar-refractivity contribution < 1.29 is 27.8 Å². The highest BCUT2D eigenvalue weighted by atomic mass is 19.3. The van der Waals surface area contributed by atoms with Crippen LogP contribution in [0.3, 0.4) is 0 Å². The molecule has 0 atom stereocenters. The van der Waals surface area contributed by atoms with E-state index >= 15 is 0 Å². The molecule has 0 aliphatic rings. The molecule has 0 bridgehead atoms. The van der Waals surface area contributed by atoms with Crippen molar-refractivity contribution in [3.05, 3.63) is 17.3 Å². The van der Waals surface area contributed by atoms with Gasteiger partial charge in [-0.05, 0) is 6.92 Å². The van der Waals surface area contributed by atoms with Gasteiger partial charge in [-0.2, -0.15) is 0 Å². The summed E-state index contributed by atoms with van der Waals surface area (Å²) in [6.45, 7) is 1.64. The molecule has 0 unspecified atom stereocenters. The molecule has 0 radical (unpaired) electrons. The molecule has 1 aromatic heterocycles. The van der Waals surface area contributed by atoms with Crippen molar-refractivity contribution in [1.29, 1.82) is 0 Å². The second kappa shape index (κ2) is 6.13. The van der Waals surface area contributed by atoms with Gasteiger partial charge in [-0.1, -0.05) is 0 Å². The van der Waals surface area contributed by atoms with E-state index in [9.17, 15) is 13.6 Å². The zero-order chi connectivity index (χ0) is 13.7. The van der Waals surface area contributed by atoms with Crippen LogP contribution >= 0.6 is 0 Å². The predicted octanol–water partition coefficient (Wildman–Crippen LogP) is 2.21. The van der Waals surface area contributed by atoms with Gasteiger partial charge in [-0.3, -0.25) is 0 Å². The molecule has 0 aromatic carbocycles. The van der Waals surface area contributed by atoms with Crippen molar-refractivity contribution in [3.8, 4) is 11.6 Å². The Kier molecular flexibility index (Phi) is 4.82. The lowest BCUT2D eigenvalue weighted by atomic mass is 10.1. The quantitative estimate of drug-likeness (QED) is 0.760. The number of hydrogen-bond donors (Lipinski definition) is 0. The smallest absolute Gasteiger partial charge is 0.342 e. The summed E-state index contributed by atoms with van der Waals surface area (Å²) in [6.07, 6.45) is -1.99. The van der Waals surface area contributed by atoms with Gasteiger partial charge in [0.25, 0.3) is 12.3 Å². The van der Waals surface area contributed by atoms with Crippen LogP contribution in [0.2, 0.25) is 0 Å². The summed E-state index contributed by atoms with van der Waals surface area (Å²) in [4.78, 5) is 15.4. The van der Waals surface area contributed by atoms with E-state index in [4.69, 9.17) is 14.2 Å². The summed E-state index contributed by atoms with van der Waals surface area (Å²) in [7, 11) is 2.53. The van der Waals surface area contributed by atoms with Crippen molar-refractivity contribution in [3.63, 3.8) is 0 Å². The Labute approximate surface area is 103 Å².